The van der Waals surface area contributed by atoms with Crippen LogP contribution in [-0.2, 0) is 6.18 Å². The molecule has 0 spiro atoms. The van der Waals surface area contributed by atoms with Crippen molar-refractivity contribution >= 4 is 22.2 Å². The number of H-pyrrole nitrogens is 1. The monoisotopic (exact) mass is 321 g/mol. The van der Waals surface area contributed by atoms with Gasteiger partial charge in [-0.25, -0.2) is 8.78 Å². The number of aromatic amines is 1. The second-order valence-electron chi connectivity index (χ2n) is 3.79. The third kappa shape index (κ3) is 2.87. The lowest BCUT2D eigenvalue weighted by molar-refractivity contribution is -0.142. The lowest BCUT2D eigenvalue weighted by Gasteiger charge is -2.11. The van der Waals surface area contributed by atoms with Crippen LogP contribution in [0, 0.1) is 23.0 Å². The number of nitrogens with one attached hydrogen (secondary N) is 2. The number of aromatic nitrogens is 1. The minimum atomic E-state index is -5.16. The first-order valence-electron chi connectivity index (χ1n) is 5.19. The molecule has 0 saturated carbocycles. The van der Waals surface area contributed by atoms with Crippen LogP contribution in [0.3, 0.4) is 0 Å². The zero-order chi connectivity index (χ0) is 15.8. The zero-order valence-electron chi connectivity index (χ0n) is 9.81. The van der Waals surface area contributed by atoms with E-state index in [0.29, 0.717) is 23.7 Å². The predicted molar refractivity (Wildman–Crippen MR) is 64.3 cm³/mol. The highest BCUT2D eigenvalue weighted by Gasteiger charge is 2.38. The number of halogens is 5. The summed E-state index contributed by atoms with van der Waals surface area (Å²) in [5, 5.41) is 11.0. The second kappa shape index (κ2) is 5.17. The van der Waals surface area contributed by atoms with Crippen LogP contribution in [0.15, 0.2) is 16.9 Å². The summed E-state index contributed by atoms with van der Waals surface area (Å²) in [6, 6.07) is 2.42. The van der Waals surface area contributed by atoms with E-state index in [1.165, 1.54) is 0 Å². The number of anilines is 2. The van der Waals surface area contributed by atoms with Gasteiger partial charge in [-0.05, 0) is 23.7 Å². The lowest BCUT2D eigenvalue weighted by Crippen LogP contribution is -2.12. The SMILES string of the molecule is N#Cc1c(Nc2cc(F)c(C(F)(F)F)c(F)c2)s[nH]c1=O. The molecular formula is C11H4F5N3OS. The van der Waals surface area contributed by atoms with E-state index in [1.807, 2.05) is 0 Å². The fraction of sp³-hybridized carbons (Fsp3) is 0.0909. The van der Waals surface area contributed by atoms with Gasteiger partial charge < -0.3 is 5.32 Å². The summed E-state index contributed by atoms with van der Waals surface area (Å²) >= 11 is 0.679. The molecule has 1 aromatic heterocycles. The Hall–Kier alpha value is -2.41. The van der Waals surface area contributed by atoms with Crippen LogP contribution in [0.1, 0.15) is 11.1 Å². The molecule has 10 heteroatoms. The number of nitriles is 1. The van der Waals surface area contributed by atoms with Crippen LogP contribution >= 0.6 is 11.5 Å². The number of hydrogen-bond donors (Lipinski definition) is 2. The first-order valence-corrected chi connectivity index (χ1v) is 6.00. The fourth-order valence-electron chi connectivity index (χ4n) is 1.54. The van der Waals surface area contributed by atoms with Crippen molar-refractivity contribution in [2.24, 2.45) is 0 Å². The Morgan fingerprint density at radius 1 is 1.24 bits per heavy atom. The van der Waals surface area contributed by atoms with Crippen molar-refractivity contribution in [3.63, 3.8) is 0 Å². The van der Waals surface area contributed by atoms with Gasteiger partial charge in [-0.1, -0.05) is 0 Å². The highest BCUT2D eigenvalue weighted by molar-refractivity contribution is 7.10. The third-order valence-corrected chi connectivity index (χ3v) is 3.19. The normalized spacial score (nSPS) is 11.2. The van der Waals surface area contributed by atoms with Crippen molar-refractivity contribution in [3.8, 4) is 6.07 Å². The van der Waals surface area contributed by atoms with Crippen LogP contribution in [-0.4, -0.2) is 4.37 Å². The number of alkyl halides is 3. The summed E-state index contributed by atoms with van der Waals surface area (Å²) in [4.78, 5) is 11.2. The average Bonchev–Trinajstić information content (AvgIpc) is 2.66. The van der Waals surface area contributed by atoms with Crippen LogP contribution < -0.4 is 10.9 Å². The second-order valence-corrected chi connectivity index (χ2v) is 4.60. The van der Waals surface area contributed by atoms with Gasteiger partial charge in [0, 0.05) is 5.69 Å². The maximum atomic E-state index is 13.4. The largest absolute Gasteiger partial charge is 0.422 e. The van der Waals surface area contributed by atoms with Crippen molar-refractivity contribution in [1.29, 1.82) is 5.26 Å². The molecule has 1 aromatic carbocycles. The Kier molecular flexibility index (Phi) is 3.69. The summed E-state index contributed by atoms with van der Waals surface area (Å²) in [5.74, 6) is -3.60. The quantitative estimate of drug-likeness (QED) is 0.834. The van der Waals surface area contributed by atoms with Gasteiger partial charge >= 0.3 is 6.18 Å². The first-order chi connectivity index (χ1) is 9.74. The molecule has 2 aromatic rings. The van der Waals surface area contributed by atoms with E-state index in [0.717, 1.165) is 0 Å². The van der Waals surface area contributed by atoms with E-state index < -0.39 is 28.9 Å². The molecule has 2 N–H and O–H groups in total. The van der Waals surface area contributed by atoms with Crippen molar-refractivity contribution in [3.05, 3.63) is 45.2 Å². The van der Waals surface area contributed by atoms with Gasteiger partial charge in [0.05, 0.1) is 0 Å². The van der Waals surface area contributed by atoms with Crippen molar-refractivity contribution in [1.82, 2.24) is 4.37 Å². The fourth-order valence-corrected chi connectivity index (χ4v) is 2.25. The van der Waals surface area contributed by atoms with Gasteiger partial charge in [0.15, 0.2) is 5.56 Å². The molecule has 110 valence electrons. The van der Waals surface area contributed by atoms with E-state index in [4.69, 9.17) is 5.26 Å². The first kappa shape index (κ1) is 15.0. The summed E-state index contributed by atoms with van der Waals surface area (Å²) in [6.45, 7) is 0. The average molecular weight is 321 g/mol. The van der Waals surface area contributed by atoms with E-state index in [2.05, 4.69) is 9.69 Å². The number of hydrogen-bond acceptors (Lipinski definition) is 4. The van der Waals surface area contributed by atoms with Crippen molar-refractivity contribution < 1.29 is 22.0 Å². The Morgan fingerprint density at radius 3 is 2.29 bits per heavy atom. The van der Waals surface area contributed by atoms with Crippen molar-refractivity contribution in [2.75, 3.05) is 5.32 Å². The van der Waals surface area contributed by atoms with Crippen LogP contribution in [0.25, 0.3) is 0 Å². The number of benzene rings is 1. The van der Waals surface area contributed by atoms with E-state index >= 15 is 0 Å². The molecule has 0 atom stereocenters. The molecule has 1 heterocycles. The molecular weight excluding hydrogens is 317 g/mol. The van der Waals surface area contributed by atoms with Gasteiger partial charge in [-0.3, -0.25) is 9.17 Å². The maximum Gasteiger partial charge on any atom is 0.422 e. The summed E-state index contributed by atoms with van der Waals surface area (Å²) in [5.41, 5.74) is -3.40. The van der Waals surface area contributed by atoms with E-state index in [1.54, 1.807) is 6.07 Å². The van der Waals surface area contributed by atoms with Crippen molar-refractivity contribution in [2.45, 2.75) is 6.18 Å². The molecule has 2 rings (SSSR count). The number of nitrogens with zero attached hydrogens (tertiary/aromatic N) is 1. The Labute approximate surface area is 117 Å². The van der Waals surface area contributed by atoms with Crippen LogP contribution in [0.5, 0.6) is 0 Å². The minimum absolute atomic E-state index is 0.0546. The molecule has 0 aliphatic heterocycles. The molecule has 0 fully saturated rings. The Balaban J connectivity index is 2.44. The molecule has 0 aliphatic rings. The topological polar surface area (TPSA) is 68.7 Å². The van der Waals surface area contributed by atoms with Gasteiger partial charge in [0.1, 0.15) is 28.3 Å². The molecule has 0 bridgehead atoms. The molecule has 4 nitrogen and oxygen atoms in total. The summed E-state index contributed by atoms with van der Waals surface area (Å²) in [6.07, 6.45) is -5.16. The molecule has 0 amide bonds. The predicted octanol–water partition coefficient (Wildman–Crippen LogP) is 3.35. The van der Waals surface area contributed by atoms with Gasteiger partial charge in [-0.15, -0.1) is 0 Å². The molecule has 0 radical (unpaired) electrons. The van der Waals surface area contributed by atoms with E-state index in [9.17, 15) is 26.7 Å². The lowest BCUT2D eigenvalue weighted by atomic mass is 10.1. The van der Waals surface area contributed by atoms with Crippen LogP contribution in [0.2, 0.25) is 0 Å². The molecule has 0 unspecified atom stereocenters. The standard InChI is InChI=1S/C11H4F5N3OS/c12-6-1-4(2-7(13)8(6)11(14,15)16)18-10-5(3-17)9(20)19-21-10/h1-2,18H,(H,19,20). The Morgan fingerprint density at radius 2 is 1.81 bits per heavy atom. The highest BCUT2D eigenvalue weighted by atomic mass is 32.1. The van der Waals surface area contributed by atoms with E-state index in [-0.39, 0.29) is 16.3 Å². The minimum Gasteiger partial charge on any atom is -0.345 e. The third-order valence-electron chi connectivity index (χ3n) is 2.40. The molecule has 0 saturated heterocycles. The van der Waals surface area contributed by atoms with Gasteiger partial charge in [-0.2, -0.15) is 18.4 Å². The summed E-state index contributed by atoms with van der Waals surface area (Å²) < 4.78 is 66.1. The van der Waals surface area contributed by atoms with Gasteiger partial charge in [0.2, 0.25) is 0 Å². The van der Waals surface area contributed by atoms with Gasteiger partial charge in [0.25, 0.3) is 5.56 Å². The molecule has 21 heavy (non-hydrogen) atoms. The maximum absolute atomic E-state index is 13.4. The Bertz CT molecular complexity index is 763. The number of rotatable bonds is 2. The highest BCUT2D eigenvalue weighted by Crippen LogP contribution is 2.35. The summed E-state index contributed by atoms with van der Waals surface area (Å²) in [7, 11) is 0. The zero-order valence-corrected chi connectivity index (χ0v) is 10.6. The smallest absolute Gasteiger partial charge is 0.345 e. The molecule has 0 aliphatic carbocycles. The van der Waals surface area contributed by atoms with Crippen LogP contribution in [0.4, 0.5) is 32.6 Å².